The van der Waals surface area contributed by atoms with Gasteiger partial charge in [-0.1, -0.05) is 115 Å². The van der Waals surface area contributed by atoms with E-state index in [2.05, 4.69) is 78.9 Å². The average Bonchev–Trinajstić information content (AvgIpc) is 2.96. The van der Waals surface area contributed by atoms with Crippen molar-refractivity contribution in [3.63, 3.8) is 0 Å². The quantitative estimate of drug-likeness (QED) is 0.117. The number of hydrogen-bond donors (Lipinski definition) is 0. The van der Waals surface area contributed by atoms with Crippen LogP contribution in [0, 0.1) is 0 Å². The minimum Gasteiger partial charge on any atom is -0.779 e. The maximum atomic E-state index is 5.66. The fourth-order valence-corrected chi connectivity index (χ4v) is 5.49. The number of para-hydroxylation sites is 1. The number of fused-ring (bicyclic) bond motifs is 2. The van der Waals surface area contributed by atoms with E-state index in [0.29, 0.717) is 0 Å². The molecule has 2 atom stereocenters. The second kappa shape index (κ2) is 12.1. The monoisotopic (exact) mass is 588 g/mol. The smallest absolute Gasteiger partial charge is 0.779 e. The number of nitrogens with zero attached hydrogens (tertiary/aromatic N) is 2. The molecule has 0 bridgehead atoms. The summed E-state index contributed by atoms with van der Waals surface area (Å²) in [5, 5.41) is 4.54. The molecule has 5 aromatic rings. The summed E-state index contributed by atoms with van der Waals surface area (Å²) < 4.78 is 0. The zero-order valence-electron chi connectivity index (χ0n) is 21.3. The molecule has 1 aliphatic rings. The Kier molecular flexibility index (Phi) is 8.42. The minimum atomic E-state index is -0.0724. The van der Waals surface area contributed by atoms with E-state index in [1.54, 1.807) is 0 Å². The standard InChI is InChI=1S/C34H26N2S2.Zn/c37-33-19-17-23-9-1-3-11-25(23)29(33)21-35-31-15-7-5-13-27(31)28-14-6-8-16-32(28)36-22-30-26-12-4-2-10-24(26)18-20-34(30)38;/h1-22,27,31,37-38H;/q;+2/p-2. The van der Waals surface area contributed by atoms with Gasteiger partial charge in [-0.3, -0.25) is 9.98 Å². The molecule has 184 valence electrons. The van der Waals surface area contributed by atoms with Gasteiger partial charge in [0.1, 0.15) is 0 Å². The van der Waals surface area contributed by atoms with Crippen molar-refractivity contribution in [2.45, 2.75) is 21.8 Å². The summed E-state index contributed by atoms with van der Waals surface area (Å²) in [6.45, 7) is 0. The molecule has 0 saturated heterocycles. The van der Waals surface area contributed by atoms with Gasteiger partial charge in [-0.15, -0.1) is 0 Å². The van der Waals surface area contributed by atoms with E-state index in [-0.39, 0.29) is 31.4 Å². The fourth-order valence-electron chi connectivity index (χ4n) is 5.02. The SMILES string of the molecule is [S-]c1ccc2ccccc2c1C=Nc1ccccc1C1C=CC=CC1N=Cc1c([S-])ccc2ccccc12.[Zn+2]. The molecule has 2 nitrogen and oxygen atoms in total. The molecular formula is C34H24N2S2Zn. The zero-order chi connectivity index (χ0) is 25.9. The van der Waals surface area contributed by atoms with E-state index >= 15 is 0 Å². The Balaban J connectivity index is 0.00000308. The second-order valence-electron chi connectivity index (χ2n) is 9.28. The van der Waals surface area contributed by atoms with Crippen LogP contribution in [0.5, 0.6) is 0 Å². The number of allylic oxidation sites excluding steroid dienone is 2. The van der Waals surface area contributed by atoms with Gasteiger partial charge >= 0.3 is 19.5 Å². The maximum Gasteiger partial charge on any atom is 2.00 e. The summed E-state index contributed by atoms with van der Waals surface area (Å²) in [7, 11) is 0. The number of benzene rings is 5. The van der Waals surface area contributed by atoms with Crippen LogP contribution < -0.4 is 0 Å². The van der Waals surface area contributed by atoms with Gasteiger partial charge in [-0.25, -0.2) is 0 Å². The molecule has 0 aromatic heterocycles. The van der Waals surface area contributed by atoms with Crippen molar-refractivity contribution in [2.75, 3.05) is 0 Å². The van der Waals surface area contributed by atoms with E-state index in [9.17, 15) is 0 Å². The molecule has 6 rings (SSSR count). The molecule has 0 radical (unpaired) electrons. The first-order valence-corrected chi connectivity index (χ1v) is 13.4. The Bertz CT molecular complexity index is 1770. The molecule has 39 heavy (non-hydrogen) atoms. The maximum absolute atomic E-state index is 5.66. The molecule has 5 aromatic carbocycles. The summed E-state index contributed by atoms with van der Waals surface area (Å²) in [6.07, 6.45) is 12.3. The first-order valence-electron chi connectivity index (χ1n) is 12.6. The third kappa shape index (κ3) is 5.62. The van der Waals surface area contributed by atoms with Gasteiger partial charge in [0.05, 0.1) is 11.7 Å². The first kappa shape index (κ1) is 27.1. The van der Waals surface area contributed by atoms with Gasteiger partial charge in [0.25, 0.3) is 0 Å². The topological polar surface area (TPSA) is 24.7 Å². The molecule has 0 saturated carbocycles. The van der Waals surface area contributed by atoms with E-state index in [1.165, 1.54) is 0 Å². The van der Waals surface area contributed by atoms with Crippen LogP contribution in [0.15, 0.2) is 141 Å². The van der Waals surface area contributed by atoms with Gasteiger partial charge in [0, 0.05) is 18.3 Å². The van der Waals surface area contributed by atoms with Gasteiger partial charge in [0.15, 0.2) is 0 Å². The Morgan fingerprint density at radius 2 is 1.15 bits per heavy atom. The van der Waals surface area contributed by atoms with Crippen molar-refractivity contribution in [1.82, 2.24) is 0 Å². The molecule has 0 aliphatic heterocycles. The van der Waals surface area contributed by atoms with E-state index in [4.69, 9.17) is 35.2 Å². The summed E-state index contributed by atoms with van der Waals surface area (Å²) in [6, 6.07) is 32.9. The van der Waals surface area contributed by atoms with Crippen LogP contribution in [-0.2, 0) is 44.7 Å². The fraction of sp³-hybridized carbons (Fsp3) is 0.0588. The predicted octanol–water partition coefficient (Wildman–Crippen LogP) is 8.25. The largest absolute Gasteiger partial charge is 2.00 e. The molecule has 2 unspecified atom stereocenters. The molecule has 0 N–H and O–H groups in total. The van der Waals surface area contributed by atoms with Crippen molar-refractivity contribution < 1.29 is 19.5 Å². The molecular weight excluding hydrogens is 566 g/mol. The van der Waals surface area contributed by atoms with Gasteiger partial charge < -0.3 is 25.3 Å². The van der Waals surface area contributed by atoms with E-state index in [0.717, 1.165) is 53.7 Å². The third-order valence-corrected chi connectivity index (χ3v) is 7.68. The third-order valence-electron chi connectivity index (χ3n) is 6.97. The van der Waals surface area contributed by atoms with Crippen molar-refractivity contribution in [3.8, 4) is 0 Å². The van der Waals surface area contributed by atoms with Crippen molar-refractivity contribution in [1.29, 1.82) is 0 Å². The van der Waals surface area contributed by atoms with E-state index < -0.39 is 0 Å². The van der Waals surface area contributed by atoms with Crippen LogP contribution in [0.3, 0.4) is 0 Å². The van der Waals surface area contributed by atoms with E-state index in [1.807, 2.05) is 54.9 Å². The summed E-state index contributed by atoms with van der Waals surface area (Å²) >= 11 is 11.3. The van der Waals surface area contributed by atoms with Crippen molar-refractivity contribution in [2.24, 2.45) is 9.98 Å². The molecule has 0 heterocycles. The molecule has 1 aliphatic carbocycles. The van der Waals surface area contributed by atoms with Crippen LogP contribution >= 0.6 is 0 Å². The summed E-state index contributed by atoms with van der Waals surface area (Å²) in [4.78, 5) is 11.6. The summed E-state index contributed by atoms with van der Waals surface area (Å²) in [5.74, 6) is 0.0450. The van der Waals surface area contributed by atoms with Crippen molar-refractivity contribution in [3.05, 3.63) is 138 Å². The number of hydrogen-bond acceptors (Lipinski definition) is 4. The van der Waals surface area contributed by atoms with Crippen LogP contribution in [0.1, 0.15) is 22.6 Å². The minimum absolute atomic E-state index is 0. The molecule has 5 heteroatoms. The molecule has 0 spiro atoms. The van der Waals surface area contributed by atoms with Crippen LogP contribution in [-0.4, -0.2) is 18.5 Å². The van der Waals surface area contributed by atoms with Crippen LogP contribution in [0.2, 0.25) is 0 Å². The number of rotatable bonds is 5. The van der Waals surface area contributed by atoms with Crippen molar-refractivity contribution >= 4 is 64.9 Å². The van der Waals surface area contributed by atoms with Crippen LogP contribution in [0.25, 0.3) is 21.5 Å². The Hall–Kier alpha value is -3.50. The van der Waals surface area contributed by atoms with Gasteiger partial charge in [-0.2, -0.15) is 9.79 Å². The molecule has 0 fully saturated rings. The summed E-state index contributed by atoms with van der Waals surface area (Å²) in [5.41, 5.74) is 3.99. The van der Waals surface area contributed by atoms with Gasteiger partial charge in [0.2, 0.25) is 0 Å². The number of aliphatic imine (C=N–C) groups is 2. The zero-order valence-corrected chi connectivity index (χ0v) is 25.9. The van der Waals surface area contributed by atoms with Gasteiger partial charge in [-0.05, 0) is 44.3 Å². The first-order chi connectivity index (χ1) is 18.7. The Labute approximate surface area is 252 Å². The predicted molar refractivity (Wildman–Crippen MR) is 165 cm³/mol. The Morgan fingerprint density at radius 3 is 1.85 bits per heavy atom. The van der Waals surface area contributed by atoms with Crippen LogP contribution in [0.4, 0.5) is 5.69 Å². The Morgan fingerprint density at radius 1 is 0.590 bits per heavy atom. The molecule has 0 amide bonds. The normalized spacial score (nSPS) is 16.8. The second-order valence-corrected chi connectivity index (χ2v) is 10.2. The average molecular weight is 590 g/mol.